The van der Waals surface area contributed by atoms with Crippen LogP contribution in [0.2, 0.25) is 5.15 Å². The molecule has 0 unspecified atom stereocenters. The highest BCUT2D eigenvalue weighted by Gasteiger charge is 2.16. The fraction of sp³-hybridized carbons (Fsp3) is 0.312. The normalized spacial score (nSPS) is 11.3. The number of halogens is 1. The van der Waals surface area contributed by atoms with Crippen molar-refractivity contribution in [3.8, 4) is 0 Å². The molecule has 3 rings (SSSR count). The lowest BCUT2D eigenvalue weighted by molar-refractivity contribution is 0.283. The second kappa shape index (κ2) is 5.79. The summed E-state index contributed by atoms with van der Waals surface area (Å²) in [5.74, 6) is 0.108. The molecule has 3 aromatic heterocycles. The third kappa shape index (κ3) is 2.64. The number of nitrogens with two attached hydrogens (primary N) is 1. The number of hydrogen-bond acceptors (Lipinski definition) is 5. The molecule has 0 amide bonds. The molecule has 3 heterocycles. The fourth-order valence-corrected chi connectivity index (χ4v) is 2.97. The predicted molar refractivity (Wildman–Crippen MR) is 90.4 cm³/mol. The van der Waals surface area contributed by atoms with Crippen molar-refractivity contribution in [2.24, 2.45) is 0 Å². The van der Waals surface area contributed by atoms with Crippen LogP contribution >= 0.6 is 11.6 Å². The minimum atomic E-state index is -0.143. The summed E-state index contributed by atoms with van der Waals surface area (Å²) in [5, 5.41) is 10.4. The molecule has 23 heavy (non-hydrogen) atoms. The van der Waals surface area contributed by atoms with Crippen LogP contribution in [0.1, 0.15) is 27.9 Å². The molecule has 3 N–H and O–H groups in total. The molecule has 0 aliphatic rings. The van der Waals surface area contributed by atoms with Gasteiger partial charge in [-0.2, -0.15) is 4.98 Å². The van der Waals surface area contributed by atoms with E-state index in [1.165, 1.54) is 5.56 Å². The molecule has 0 radical (unpaired) electrons. The zero-order valence-corrected chi connectivity index (χ0v) is 14.0. The van der Waals surface area contributed by atoms with Gasteiger partial charge in [-0.05, 0) is 37.5 Å². The van der Waals surface area contributed by atoms with Gasteiger partial charge in [0.25, 0.3) is 0 Å². The van der Waals surface area contributed by atoms with E-state index >= 15 is 0 Å². The summed E-state index contributed by atoms with van der Waals surface area (Å²) < 4.78 is 1.90. The van der Waals surface area contributed by atoms with Crippen molar-refractivity contribution >= 4 is 28.6 Å². The van der Waals surface area contributed by atoms with Crippen LogP contribution in [-0.2, 0) is 13.2 Å². The molecule has 0 aliphatic heterocycles. The molecule has 7 heteroatoms. The van der Waals surface area contributed by atoms with Crippen LogP contribution in [0.25, 0.3) is 11.0 Å². The first kappa shape index (κ1) is 15.7. The van der Waals surface area contributed by atoms with Gasteiger partial charge in [0.05, 0.1) is 24.2 Å². The molecule has 0 spiro atoms. The molecule has 120 valence electrons. The molecule has 0 atom stereocenters. The van der Waals surface area contributed by atoms with E-state index in [0.717, 1.165) is 16.8 Å². The van der Waals surface area contributed by atoms with Crippen LogP contribution in [-0.4, -0.2) is 24.6 Å². The van der Waals surface area contributed by atoms with Crippen molar-refractivity contribution in [2.45, 2.75) is 33.9 Å². The lowest BCUT2D eigenvalue weighted by Crippen LogP contribution is -2.06. The van der Waals surface area contributed by atoms with Gasteiger partial charge in [0.1, 0.15) is 10.8 Å². The Bertz CT molecular complexity index is 903. The molecular formula is C16H18ClN5O. The van der Waals surface area contributed by atoms with Gasteiger partial charge in [-0.1, -0.05) is 11.6 Å². The SMILES string of the molecule is Cc1cnc(Cn2cc(CO)c3c(Cl)nc(N)nc32)c(C)c1C. The smallest absolute Gasteiger partial charge is 0.223 e. The molecule has 6 nitrogen and oxygen atoms in total. The number of aliphatic hydroxyl groups is 1. The van der Waals surface area contributed by atoms with E-state index in [-0.39, 0.29) is 17.7 Å². The average Bonchev–Trinajstić information content (AvgIpc) is 2.86. The van der Waals surface area contributed by atoms with Crippen molar-refractivity contribution in [1.29, 1.82) is 0 Å². The lowest BCUT2D eigenvalue weighted by Gasteiger charge is -2.11. The quantitative estimate of drug-likeness (QED) is 0.720. The van der Waals surface area contributed by atoms with Crippen molar-refractivity contribution in [3.63, 3.8) is 0 Å². The molecule has 0 fully saturated rings. The summed E-state index contributed by atoms with van der Waals surface area (Å²) in [4.78, 5) is 12.8. The second-order valence-electron chi connectivity index (χ2n) is 5.65. The minimum Gasteiger partial charge on any atom is -0.392 e. The van der Waals surface area contributed by atoms with Gasteiger partial charge in [0.2, 0.25) is 5.95 Å². The highest BCUT2D eigenvalue weighted by molar-refractivity contribution is 6.34. The highest BCUT2D eigenvalue weighted by Crippen LogP contribution is 2.28. The first-order chi connectivity index (χ1) is 10.9. The maximum Gasteiger partial charge on any atom is 0.223 e. The summed E-state index contributed by atoms with van der Waals surface area (Å²) in [5.41, 5.74) is 11.5. The third-order valence-corrected chi connectivity index (χ3v) is 4.53. The maximum absolute atomic E-state index is 9.57. The summed E-state index contributed by atoms with van der Waals surface area (Å²) in [6, 6.07) is 0. The Kier molecular flexibility index (Phi) is 3.95. The van der Waals surface area contributed by atoms with Crippen LogP contribution in [0, 0.1) is 20.8 Å². The van der Waals surface area contributed by atoms with Gasteiger partial charge in [0.15, 0.2) is 0 Å². The van der Waals surface area contributed by atoms with Gasteiger partial charge in [-0.15, -0.1) is 0 Å². The minimum absolute atomic E-state index is 0.108. The molecule has 0 aromatic carbocycles. The van der Waals surface area contributed by atoms with E-state index in [0.29, 0.717) is 23.1 Å². The Morgan fingerprint density at radius 2 is 1.96 bits per heavy atom. The summed E-state index contributed by atoms with van der Waals surface area (Å²) >= 11 is 6.17. The number of aryl methyl sites for hydroxylation is 1. The average molecular weight is 332 g/mol. The second-order valence-corrected chi connectivity index (χ2v) is 6.01. The zero-order valence-electron chi connectivity index (χ0n) is 13.3. The van der Waals surface area contributed by atoms with Crippen molar-refractivity contribution in [2.75, 3.05) is 5.73 Å². The van der Waals surface area contributed by atoms with E-state index < -0.39 is 0 Å². The van der Waals surface area contributed by atoms with Crippen molar-refractivity contribution < 1.29 is 5.11 Å². The lowest BCUT2D eigenvalue weighted by atomic mass is 10.0. The van der Waals surface area contributed by atoms with Crippen LogP contribution in [0.3, 0.4) is 0 Å². The van der Waals surface area contributed by atoms with E-state index in [4.69, 9.17) is 17.3 Å². The first-order valence-electron chi connectivity index (χ1n) is 7.25. The number of aromatic nitrogens is 4. The number of nitrogens with zero attached hydrogens (tertiary/aromatic N) is 4. The Labute approximate surface area is 139 Å². The topological polar surface area (TPSA) is 89.8 Å². The highest BCUT2D eigenvalue weighted by atomic mass is 35.5. The van der Waals surface area contributed by atoms with Crippen molar-refractivity contribution in [3.05, 3.63) is 45.5 Å². The van der Waals surface area contributed by atoms with Crippen LogP contribution in [0.15, 0.2) is 12.4 Å². The van der Waals surface area contributed by atoms with E-state index in [9.17, 15) is 5.11 Å². The number of anilines is 1. The molecular weight excluding hydrogens is 314 g/mol. The predicted octanol–water partition coefficient (Wildman–Crippen LogP) is 2.53. The number of hydrogen-bond donors (Lipinski definition) is 2. The molecule has 3 aromatic rings. The summed E-state index contributed by atoms with van der Waals surface area (Å²) in [6.07, 6.45) is 3.69. The van der Waals surface area contributed by atoms with E-state index in [1.807, 2.05) is 23.9 Å². The van der Waals surface area contributed by atoms with E-state index in [2.05, 4.69) is 28.8 Å². The third-order valence-electron chi connectivity index (χ3n) is 4.26. The van der Waals surface area contributed by atoms with Crippen molar-refractivity contribution in [1.82, 2.24) is 19.5 Å². The Hall–Kier alpha value is -2.18. The number of aliphatic hydroxyl groups excluding tert-OH is 1. The van der Waals surface area contributed by atoms with Gasteiger partial charge >= 0.3 is 0 Å². The molecule has 0 saturated heterocycles. The largest absolute Gasteiger partial charge is 0.392 e. The first-order valence-corrected chi connectivity index (χ1v) is 7.63. The van der Waals surface area contributed by atoms with Crippen LogP contribution in [0.5, 0.6) is 0 Å². The van der Waals surface area contributed by atoms with E-state index in [1.54, 1.807) is 0 Å². The molecule has 0 bridgehead atoms. The number of rotatable bonds is 3. The number of nitrogen functional groups attached to an aromatic ring is 1. The monoisotopic (exact) mass is 331 g/mol. The number of fused-ring (bicyclic) bond motifs is 1. The summed E-state index contributed by atoms with van der Waals surface area (Å²) in [6.45, 7) is 6.56. The van der Waals surface area contributed by atoms with Gasteiger partial charge in [0, 0.05) is 18.0 Å². The maximum atomic E-state index is 9.57. The molecule has 0 aliphatic carbocycles. The Morgan fingerprint density at radius 1 is 1.22 bits per heavy atom. The van der Waals surface area contributed by atoms with Gasteiger partial charge < -0.3 is 15.4 Å². The molecule has 0 saturated carbocycles. The zero-order chi connectivity index (χ0) is 16.7. The van der Waals surface area contributed by atoms with Gasteiger partial charge in [-0.25, -0.2) is 4.98 Å². The Morgan fingerprint density at radius 3 is 2.65 bits per heavy atom. The standard InChI is InChI=1S/C16H18ClN5O/c1-8-4-19-12(10(3)9(8)2)6-22-5-11(7-23)13-14(17)20-16(18)21-15(13)22/h4-5,23H,6-7H2,1-3H3,(H2,18,20,21). The fourth-order valence-electron chi connectivity index (χ4n) is 2.68. The number of pyridine rings is 1. The van der Waals surface area contributed by atoms with Crippen LogP contribution < -0.4 is 5.73 Å². The van der Waals surface area contributed by atoms with Gasteiger partial charge in [-0.3, -0.25) is 4.98 Å². The van der Waals surface area contributed by atoms with Crippen LogP contribution in [0.4, 0.5) is 5.95 Å². The summed E-state index contributed by atoms with van der Waals surface area (Å²) in [7, 11) is 0. The Balaban J connectivity index is 2.16.